The van der Waals surface area contributed by atoms with Gasteiger partial charge in [0.25, 0.3) is 0 Å². The van der Waals surface area contributed by atoms with E-state index in [0.29, 0.717) is 6.42 Å². The summed E-state index contributed by atoms with van der Waals surface area (Å²) in [4.78, 5) is 0. The van der Waals surface area contributed by atoms with Gasteiger partial charge < -0.3 is 43.4 Å². The predicted octanol–water partition coefficient (Wildman–Crippen LogP) is -8.93. The Morgan fingerprint density at radius 2 is 1.24 bits per heavy atom. The zero-order valence-corrected chi connectivity index (χ0v) is 24.9. The van der Waals surface area contributed by atoms with Crippen LogP contribution in [0, 0.1) is 0 Å². The average Bonchev–Trinajstić information content (AvgIpc) is 2.65. The summed E-state index contributed by atoms with van der Waals surface area (Å²) < 4.78 is 96.1. The van der Waals surface area contributed by atoms with E-state index in [2.05, 4.69) is 8.37 Å². The third-order valence-corrected chi connectivity index (χ3v) is 5.68. The van der Waals surface area contributed by atoms with Crippen LogP contribution in [0.25, 0.3) is 0 Å². The van der Waals surface area contributed by atoms with Gasteiger partial charge in [-0.25, -0.2) is 16.8 Å². The van der Waals surface area contributed by atoms with Crippen LogP contribution in [-0.4, -0.2) is 109 Å². The predicted molar refractivity (Wildman–Crippen MR) is 96.9 cm³/mol. The summed E-state index contributed by atoms with van der Waals surface area (Å²) >= 11 is 0. The van der Waals surface area contributed by atoms with Gasteiger partial charge in [0.05, 0.1) is 12.2 Å². The van der Waals surface area contributed by atoms with E-state index in [-0.39, 0.29) is 65.7 Å². The minimum atomic E-state index is -5.29. The van der Waals surface area contributed by atoms with Gasteiger partial charge >= 0.3 is 59.1 Å². The summed E-state index contributed by atoms with van der Waals surface area (Å²) in [6.07, 6.45) is -15.9. The molecule has 2 saturated heterocycles. The first-order valence-electron chi connectivity index (χ1n) is 9.55. The molecule has 0 unspecified atom stereocenters. The molecule has 15 nitrogen and oxygen atoms in total. The van der Waals surface area contributed by atoms with Crippen LogP contribution in [0.15, 0.2) is 0 Å². The third-order valence-electron chi connectivity index (χ3n) is 4.76. The molecule has 19 heteroatoms. The van der Waals surface area contributed by atoms with Gasteiger partial charge in [-0.1, -0.05) is 6.92 Å². The van der Waals surface area contributed by atoms with E-state index in [9.17, 15) is 41.3 Å². The maximum atomic E-state index is 11.2. The number of ether oxygens (including phenoxy) is 4. The number of hydrogen-bond donors (Lipinski definition) is 3. The molecular weight excluding hydrogens is 530 g/mol. The first kappa shape index (κ1) is 35.5. The second kappa shape index (κ2) is 14.6. The number of aliphatic hydroxyl groups excluding tert-OH is 3. The van der Waals surface area contributed by atoms with E-state index in [0.717, 1.165) is 0 Å². The Balaban J connectivity index is 0.00000544. The molecule has 10 atom stereocenters. The SMILES string of the molecule is CCCO[C@@H]1O[C@@H](C)[C@@H](OS(=O)(=O)[O-])[C@@H](O[C@@H]2O[C@@H](C)[C@@H](OS(=O)(=O)[O-])[C@@H](O)[C@@H]2O)[C@@H]1O.[Na+].[Na+]. The summed E-state index contributed by atoms with van der Waals surface area (Å²) in [7, 11) is -10.5. The maximum absolute atomic E-state index is 11.2. The second-order valence-corrected chi connectivity index (χ2v) is 9.32. The molecule has 0 amide bonds. The Hall–Kier alpha value is 1.46. The second-order valence-electron chi connectivity index (χ2n) is 7.30. The Morgan fingerprint density at radius 3 is 1.74 bits per heavy atom. The van der Waals surface area contributed by atoms with Crippen LogP contribution in [0.5, 0.6) is 0 Å². The molecule has 0 saturated carbocycles. The molecule has 0 bridgehead atoms. The smallest absolute Gasteiger partial charge is 0.726 e. The summed E-state index contributed by atoms with van der Waals surface area (Å²) in [6.45, 7) is 4.44. The van der Waals surface area contributed by atoms with Gasteiger partial charge in [-0.2, -0.15) is 0 Å². The third kappa shape index (κ3) is 9.97. The maximum Gasteiger partial charge on any atom is 1.00 e. The average molecular weight is 556 g/mol. The molecular formula is C15H26Na2O15S2. The van der Waals surface area contributed by atoms with Crippen LogP contribution in [0.3, 0.4) is 0 Å². The van der Waals surface area contributed by atoms with Crippen LogP contribution in [0.1, 0.15) is 27.2 Å². The van der Waals surface area contributed by atoms with Gasteiger partial charge in [0.15, 0.2) is 12.6 Å². The standard InChI is InChI=1S/C15H28O15S2.2Na/c1-4-5-25-14-10(18)13(12(7(3)26-14)30-32(22,23)24)28-15-9(17)8(16)11(6(2)27-15)29-31(19,20)21;;/h6-18H,4-5H2,1-3H3,(H,19,20,21)(H,22,23,24);;/q;2*+1/p-2/t6-,7-,8-,9-,10-,11+,12+,13-,14+,15-;;/m0../s1. The number of hydrogen-bond acceptors (Lipinski definition) is 15. The normalized spacial score (nSPS) is 39.1. The Bertz CT molecular complexity index is 828. The topological polar surface area (TPSA) is 230 Å². The van der Waals surface area contributed by atoms with Crippen molar-refractivity contribution in [1.29, 1.82) is 0 Å². The van der Waals surface area contributed by atoms with Crippen LogP contribution >= 0.6 is 0 Å². The van der Waals surface area contributed by atoms with Crippen molar-refractivity contribution < 1.29 is 128 Å². The molecule has 0 radical (unpaired) electrons. The van der Waals surface area contributed by atoms with Crippen molar-refractivity contribution in [2.75, 3.05) is 6.61 Å². The fourth-order valence-electron chi connectivity index (χ4n) is 3.33. The molecule has 190 valence electrons. The van der Waals surface area contributed by atoms with Gasteiger partial charge in [0.2, 0.25) is 20.8 Å². The molecule has 0 spiro atoms. The first-order valence-corrected chi connectivity index (χ1v) is 12.2. The fourth-order valence-corrected chi connectivity index (χ4v) is 4.41. The van der Waals surface area contributed by atoms with E-state index < -0.39 is 82.2 Å². The summed E-state index contributed by atoms with van der Waals surface area (Å²) in [5, 5.41) is 31.1. The molecule has 2 rings (SSSR count). The van der Waals surface area contributed by atoms with E-state index in [4.69, 9.17) is 18.9 Å². The van der Waals surface area contributed by atoms with Crippen molar-refractivity contribution in [1.82, 2.24) is 0 Å². The van der Waals surface area contributed by atoms with Gasteiger partial charge in [-0.15, -0.1) is 0 Å². The molecule has 2 fully saturated rings. The molecule has 0 aromatic carbocycles. The molecule has 34 heavy (non-hydrogen) atoms. The Morgan fingerprint density at radius 1 is 0.765 bits per heavy atom. The van der Waals surface area contributed by atoms with Crippen molar-refractivity contribution in [2.45, 2.75) is 88.6 Å². The Labute approximate surface area is 241 Å². The van der Waals surface area contributed by atoms with Gasteiger partial charge in [0, 0.05) is 6.61 Å². The fraction of sp³-hybridized carbons (Fsp3) is 1.00. The largest absolute Gasteiger partial charge is 1.00 e. The monoisotopic (exact) mass is 556 g/mol. The van der Waals surface area contributed by atoms with E-state index >= 15 is 0 Å². The summed E-state index contributed by atoms with van der Waals surface area (Å²) in [5.41, 5.74) is 0. The molecule has 3 N–H and O–H groups in total. The van der Waals surface area contributed by atoms with Crippen molar-refractivity contribution >= 4 is 20.8 Å². The van der Waals surface area contributed by atoms with Crippen molar-refractivity contribution in [3.63, 3.8) is 0 Å². The zero-order valence-electron chi connectivity index (χ0n) is 19.2. The van der Waals surface area contributed by atoms with Crippen LogP contribution < -0.4 is 59.1 Å². The zero-order chi connectivity index (χ0) is 24.4. The van der Waals surface area contributed by atoms with Crippen LogP contribution in [0.4, 0.5) is 0 Å². The summed E-state index contributed by atoms with van der Waals surface area (Å²) in [6, 6.07) is 0. The quantitative estimate of drug-likeness (QED) is 0.136. The molecule has 2 heterocycles. The number of aliphatic hydroxyl groups is 3. The van der Waals surface area contributed by atoms with Gasteiger partial charge in [0.1, 0.15) is 36.6 Å². The molecule has 2 aliphatic rings. The van der Waals surface area contributed by atoms with Crippen molar-refractivity contribution in [3.8, 4) is 0 Å². The van der Waals surface area contributed by atoms with Crippen molar-refractivity contribution in [3.05, 3.63) is 0 Å². The van der Waals surface area contributed by atoms with E-state index in [1.165, 1.54) is 13.8 Å². The molecule has 0 aromatic heterocycles. The molecule has 2 aliphatic heterocycles. The Kier molecular flexibility index (Phi) is 15.2. The van der Waals surface area contributed by atoms with E-state index in [1.807, 2.05) is 0 Å². The minimum Gasteiger partial charge on any atom is -0.726 e. The van der Waals surface area contributed by atoms with Crippen LogP contribution in [0.2, 0.25) is 0 Å². The minimum absolute atomic E-state index is 0. The molecule has 0 aromatic rings. The summed E-state index contributed by atoms with van der Waals surface area (Å²) in [5.74, 6) is 0. The first-order chi connectivity index (χ1) is 14.6. The van der Waals surface area contributed by atoms with Crippen LogP contribution in [-0.2, 0) is 48.1 Å². The van der Waals surface area contributed by atoms with Crippen molar-refractivity contribution in [2.24, 2.45) is 0 Å². The molecule has 0 aliphatic carbocycles. The van der Waals surface area contributed by atoms with Gasteiger partial charge in [-0.3, -0.25) is 8.37 Å². The number of rotatable bonds is 9. The van der Waals surface area contributed by atoms with Gasteiger partial charge in [-0.05, 0) is 20.3 Å². The van der Waals surface area contributed by atoms with E-state index in [1.54, 1.807) is 6.92 Å².